The molecule has 1 aromatic rings. The van der Waals surface area contributed by atoms with Gasteiger partial charge in [-0.15, -0.1) is 11.3 Å². The van der Waals surface area contributed by atoms with E-state index in [0.717, 1.165) is 22.1 Å². The second-order valence-corrected chi connectivity index (χ2v) is 5.47. The molecule has 0 radical (unpaired) electrons. The Morgan fingerprint density at radius 2 is 1.93 bits per heavy atom. The number of hydrogen-bond donors (Lipinski definition) is 2. The van der Waals surface area contributed by atoms with Crippen LogP contribution in [0.1, 0.15) is 31.1 Å². The van der Waals surface area contributed by atoms with Crippen LogP contribution in [0.5, 0.6) is 0 Å². The third-order valence-corrected chi connectivity index (χ3v) is 3.63. The molecule has 15 heavy (non-hydrogen) atoms. The molecule has 0 aromatic carbocycles. The molecule has 86 valence electrons. The normalized spacial score (nSPS) is 15.2. The molecule has 4 heteroatoms. The summed E-state index contributed by atoms with van der Waals surface area (Å²) in [7, 11) is 0. The molecule has 2 N–H and O–H groups in total. The van der Waals surface area contributed by atoms with E-state index in [2.05, 4.69) is 0 Å². The van der Waals surface area contributed by atoms with Crippen molar-refractivity contribution in [3.63, 3.8) is 0 Å². The molecule has 1 rings (SSSR count). The zero-order chi connectivity index (χ0) is 11.3. The van der Waals surface area contributed by atoms with E-state index in [9.17, 15) is 10.2 Å². The first kappa shape index (κ1) is 13.0. The average molecular weight is 249 g/mol. The lowest BCUT2D eigenvalue weighted by Gasteiger charge is -2.16. The van der Waals surface area contributed by atoms with Crippen molar-refractivity contribution in [2.24, 2.45) is 0 Å². The molecule has 0 spiro atoms. The zero-order valence-electron chi connectivity index (χ0n) is 8.82. The maximum atomic E-state index is 9.64. The first-order valence-electron chi connectivity index (χ1n) is 5.23. The highest BCUT2D eigenvalue weighted by molar-refractivity contribution is 7.16. The van der Waals surface area contributed by atoms with Crippen LogP contribution in [0, 0.1) is 0 Å². The minimum atomic E-state index is -0.620. The number of thiophene rings is 1. The maximum Gasteiger partial charge on any atom is 0.0931 e. The van der Waals surface area contributed by atoms with Gasteiger partial charge in [-0.3, -0.25) is 0 Å². The molecule has 0 amide bonds. The molecule has 0 fully saturated rings. The Morgan fingerprint density at radius 3 is 2.47 bits per heavy atom. The number of aryl methyl sites for hydroxylation is 1. The Morgan fingerprint density at radius 1 is 1.27 bits per heavy atom. The smallest absolute Gasteiger partial charge is 0.0931 e. The van der Waals surface area contributed by atoms with E-state index in [1.807, 2.05) is 19.1 Å². The van der Waals surface area contributed by atoms with Crippen LogP contribution in [0.25, 0.3) is 0 Å². The summed E-state index contributed by atoms with van der Waals surface area (Å²) in [5, 5.41) is 19.2. The van der Waals surface area contributed by atoms with Crippen LogP contribution < -0.4 is 0 Å². The van der Waals surface area contributed by atoms with Crippen LogP contribution in [0.4, 0.5) is 0 Å². The predicted octanol–water partition coefficient (Wildman–Crippen LogP) is 2.86. The first-order valence-corrected chi connectivity index (χ1v) is 6.43. The van der Waals surface area contributed by atoms with Crippen LogP contribution in [-0.2, 0) is 6.42 Å². The van der Waals surface area contributed by atoms with Crippen molar-refractivity contribution >= 4 is 22.9 Å². The second-order valence-electron chi connectivity index (χ2n) is 3.67. The molecular weight excluding hydrogens is 232 g/mol. The minimum Gasteiger partial charge on any atom is -0.390 e. The lowest BCUT2D eigenvalue weighted by Crippen LogP contribution is -2.25. The lowest BCUT2D eigenvalue weighted by molar-refractivity contribution is 0.00991. The Hall–Kier alpha value is -0.0900. The summed E-state index contributed by atoms with van der Waals surface area (Å²) in [6, 6.07) is 3.82. The summed E-state index contributed by atoms with van der Waals surface area (Å²) < 4.78 is 0.772. The number of halogens is 1. The Kier molecular flexibility index (Phi) is 5.61. The number of hydrogen-bond acceptors (Lipinski definition) is 3. The van der Waals surface area contributed by atoms with Gasteiger partial charge >= 0.3 is 0 Å². The zero-order valence-corrected chi connectivity index (χ0v) is 10.4. The van der Waals surface area contributed by atoms with E-state index in [0.29, 0.717) is 12.8 Å². The molecule has 0 aliphatic carbocycles. The molecule has 0 aliphatic heterocycles. The molecule has 0 aliphatic rings. The van der Waals surface area contributed by atoms with Crippen molar-refractivity contribution in [3.05, 3.63) is 21.3 Å². The fourth-order valence-corrected chi connectivity index (χ4v) is 2.56. The van der Waals surface area contributed by atoms with E-state index >= 15 is 0 Å². The molecule has 1 heterocycles. The summed E-state index contributed by atoms with van der Waals surface area (Å²) in [5.41, 5.74) is 0. The van der Waals surface area contributed by atoms with Gasteiger partial charge in [-0.25, -0.2) is 0 Å². The van der Waals surface area contributed by atoms with Crippen molar-refractivity contribution in [2.75, 3.05) is 0 Å². The van der Waals surface area contributed by atoms with Crippen molar-refractivity contribution in [1.82, 2.24) is 0 Å². The standard InChI is InChI=1S/C11H17ClO2S/c1-2-3-9(13)10(14)6-4-8-5-7-11(12)15-8/h5,7,9-10,13-14H,2-4,6H2,1H3. The van der Waals surface area contributed by atoms with Crippen molar-refractivity contribution in [2.45, 2.75) is 44.8 Å². The van der Waals surface area contributed by atoms with Gasteiger partial charge in [0.25, 0.3) is 0 Å². The van der Waals surface area contributed by atoms with Crippen molar-refractivity contribution in [3.8, 4) is 0 Å². The third-order valence-electron chi connectivity index (χ3n) is 2.34. The summed E-state index contributed by atoms with van der Waals surface area (Å²) in [4.78, 5) is 1.16. The van der Waals surface area contributed by atoms with Gasteiger partial charge in [0.05, 0.1) is 16.5 Å². The molecular formula is C11H17ClO2S. The Balaban J connectivity index is 2.30. The van der Waals surface area contributed by atoms with Gasteiger partial charge in [0.2, 0.25) is 0 Å². The fraction of sp³-hybridized carbons (Fsp3) is 0.636. The average Bonchev–Trinajstić information content (AvgIpc) is 2.61. The van der Waals surface area contributed by atoms with E-state index in [1.165, 1.54) is 11.3 Å². The van der Waals surface area contributed by atoms with Gasteiger partial charge in [-0.05, 0) is 31.4 Å². The molecule has 2 nitrogen and oxygen atoms in total. The van der Waals surface area contributed by atoms with Crippen LogP contribution >= 0.6 is 22.9 Å². The topological polar surface area (TPSA) is 40.5 Å². The van der Waals surface area contributed by atoms with Gasteiger partial charge in [0.15, 0.2) is 0 Å². The molecule has 0 bridgehead atoms. The van der Waals surface area contributed by atoms with Gasteiger partial charge in [-0.1, -0.05) is 24.9 Å². The van der Waals surface area contributed by atoms with E-state index in [4.69, 9.17) is 11.6 Å². The SMILES string of the molecule is CCCC(O)C(O)CCc1ccc(Cl)s1. The Bertz CT molecular complexity index is 288. The summed E-state index contributed by atoms with van der Waals surface area (Å²) in [6.45, 7) is 2.00. The highest BCUT2D eigenvalue weighted by atomic mass is 35.5. The van der Waals surface area contributed by atoms with Crippen LogP contribution in [0.3, 0.4) is 0 Å². The third kappa shape index (κ3) is 4.51. The van der Waals surface area contributed by atoms with Gasteiger partial charge < -0.3 is 10.2 Å². The summed E-state index contributed by atoms with van der Waals surface area (Å²) >= 11 is 7.32. The highest BCUT2D eigenvalue weighted by Crippen LogP contribution is 2.23. The largest absolute Gasteiger partial charge is 0.390 e. The van der Waals surface area contributed by atoms with Crippen molar-refractivity contribution < 1.29 is 10.2 Å². The molecule has 2 unspecified atom stereocenters. The molecule has 0 saturated heterocycles. The predicted molar refractivity (Wildman–Crippen MR) is 64.6 cm³/mol. The minimum absolute atomic E-state index is 0.592. The van der Waals surface area contributed by atoms with Gasteiger partial charge in [0, 0.05) is 4.88 Å². The maximum absolute atomic E-state index is 9.64. The fourth-order valence-electron chi connectivity index (χ4n) is 1.46. The number of rotatable bonds is 6. The van der Waals surface area contributed by atoms with Crippen LogP contribution in [-0.4, -0.2) is 22.4 Å². The molecule has 2 atom stereocenters. The Labute approximate surface area is 99.5 Å². The number of aliphatic hydroxyl groups is 2. The molecule has 0 saturated carbocycles. The summed E-state index contributed by atoms with van der Waals surface area (Å²) in [5.74, 6) is 0. The lowest BCUT2D eigenvalue weighted by atomic mass is 10.0. The van der Waals surface area contributed by atoms with Crippen LogP contribution in [0.2, 0.25) is 4.34 Å². The monoisotopic (exact) mass is 248 g/mol. The summed E-state index contributed by atoms with van der Waals surface area (Å²) in [6.07, 6.45) is 1.71. The quantitative estimate of drug-likeness (QED) is 0.813. The van der Waals surface area contributed by atoms with Gasteiger partial charge in [-0.2, -0.15) is 0 Å². The van der Waals surface area contributed by atoms with Crippen LogP contribution in [0.15, 0.2) is 12.1 Å². The highest BCUT2D eigenvalue weighted by Gasteiger charge is 2.15. The van der Waals surface area contributed by atoms with E-state index < -0.39 is 12.2 Å². The second kappa shape index (κ2) is 6.48. The van der Waals surface area contributed by atoms with E-state index in [-0.39, 0.29) is 0 Å². The first-order chi connectivity index (χ1) is 7.13. The van der Waals surface area contributed by atoms with E-state index in [1.54, 1.807) is 0 Å². The van der Waals surface area contributed by atoms with Crippen molar-refractivity contribution in [1.29, 1.82) is 0 Å². The number of aliphatic hydroxyl groups excluding tert-OH is 2. The van der Waals surface area contributed by atoms with Gasteiger partial charge in [0.1, 0.15) is 0 Å². The molecule has 1 aromatic heterocycles.